The minimum atomic E-state index is 0.819. The maximum Gasteiger partial charge on any atom is 0.153 e. The van der Waals surface area contributed by atoms with Gasteiger partial charge in [-0.1, -0.05) is 18.2 Å². The fourth-order valence-electron chi connectivity index (χ4n) is 1.98. The van der Waals surface area contributed by atoms with Gasteiger partial charge in [0, 0.05) is 11.8 Å². The lowest BCUT2D eigenvalue weighted by atomic mass is 10.1. The lowest BCUT2D eigenvalue weighted by Gasteiger charge is -2.10. The molecule has 0 N–H and O–H groups in total. The Morgan fingerprint density at radius 2 is 1.94 bits per heavy atom. The summed E-state index contributed by atoms with van der Waals surface area (Å²) in [7, 11) is 0. The van der Waals surface area contributed by atoms with Gasteiger partial charge in [0.05, 0.1) is 0 Å². The normalized spacial score (nSPS) is 12.4. The van der Waals surface area contributed by atoms with Crippen LogP contribution < -0.4 is 4.74 Å². The van der Waals surface area contributed by atoms with Gasteiger partial charge in [0.2, 0.25) is 0 Å². The Morgan fingerprint density at radius 1 is 1.06 bits per heavy atom. The monoisotopic (exact) mass is 223 g/mol. The van der Waals surface area contributed by atoms with Gasteiger partial charge in [-0.3, -0.25) is 4.99 Å². The average molecular weight is 223 g/mol. The van der Waals surface area contributed by atoms with Gasteiger partial charge in [-0.05, 0) is 43.2 Å². The Balaban J connectivity index is 2.20. The van der Waals surface area contributed by atoms with Crippen LogP contribution in [0.2, 0.25) is 0 Å². The summed E-state index contributed by atoms with van der Waals surface area (Å²) in [5.74, 6) is 1.72. The quantitative estimate of drug-likeness (QED) is 0.560. The van der Waals surface area contributed by atoms with Crippen molar-refractivity contribution in [1.82, 2.24) is 0 Å². The molecule has 84 valence electrons. The first-order valence-corrected chi connectivity index (χ1v) is 5.66. The Labute approximate surface area is 101 Å². The van der Waals surface area contributed by atoms with Crippen LogP contribution >= 0.6 is 0 Å². The Morgan fingerprint density at radius 3 is 2.82 bits per heavy atom. The fraction of sp³-hybridized carbons (Fsp3) is 0.133. The molecule has 0 amide bonds. The van der Waals surface area contributed by atoms with Crippen LogP contribution in [0, 0.1) is 13.8 Å². The minimum Gasteiger partial charge on any atom is -0.454 e. The number of rotatable bonds is 0. The minimum absolute atomic E-state index is 0.819. The second kappa shape index (κ2) is 3.74. The third-order valence-electron chi connectivity index (χ3n) is 2.91. The third kappa shape index (κ3) is 1.72. The second-order valence-electron chi connectivity index (χ2n) is 4.32. The van der Waals surface area contributed by atoms with E-state index >= 15 is 0 Å². The molecule has 0 bridgehead atoms. The molecule has 0 unspecified atom stereocenters. The van der Waals surface area contributed by atoms with Crippen LogP contribution in [0.25, 0.3) is 0 Å². The van der Waals surface area contributed by atoms with Crippen LogP contribution in [0.1, 0.15) is 16.7 Å². The van der Waals surface area contributed by atoms with Crippen molar-refractivity contribution in [3.05, 3.63) is 53.1 Å². The first kappa shape index (κ1) is 10.1. The van der Waals surface area contributed by atoms with Crippen molar-refractivity contribution in [2.24, 2.45) is 4.99 Å². The summed E-state index contributed by atoms with van der Waals surface area (Å²) in [6.07, 6.45) is 1.87. The number of fused-ring (bicyclic) bond motifs is 2. The number of aryl methyl sites for hydroxylation is 2. The van der Waals surface area contributed by atoms with E-state index in [1.807, 2.05) is 49.5 Å². The van der Waals surface area contributed by atoms with Gasteiger partial charge >= 0.3 is 0 Å². The maximum absolute atomic E-state index is 5.96. The number of para-hydroxylation sites is 1. The highest BCUT2D eigenvalue weighted by molar-refractivity contribution is 5.88. The third-order valence-corrected chi connectivity index (χ3v) is 2.91. The fourth-order valence-corrected chi connectivity index (χ4v) is 1.98. The molecule has 0 spiro atoms. The molecule has 1 aliphatic rings. The van der Waals surface area contributed by atoms with Gasteiger partial charge < -0.3 is 4.74 Å². The zero-order valence-corrected chi connectivity index (χ0v) is 9.90. The predicted molar refractivity (Wildman–Crippen MR) is 69.7 cm³/mol. The summed E-state index contributed by atoms with van der Waals surface area (Å²) in [6.45, 7) is 4.10. The summed E-state index contributed by atoms with van der Waals surface area (Å²) < 4.78 is 5.96. The molecule has 2 heteroatoms. The standard InChI is InChI=1S/C15H13NO/c1-10-6-7-14-13(8-10)16-9-12-5-3-4-11(2)15(12)17-14/h3-9H,1-2H3. The lowest BCUT2D eigenvalue weighted by Crippen LogP contribution is -1.91. The van der Waals surface area contributed by atoms with Crippen molar-refractivity contribution in [3.63, 3.8) is 0 Å². The Kier molecular flexibility index (Phi) is 2.22. The molecule has 2 nitrogen and oxygen atoms in total. The van der Waals surface area contributed by atoms with Crippen LogP contribution in [-0.4, -0.2) is 6.21 Å². The number of ether oxygens (including phenoxy) is 1. The van der Waals surface area contributed by atoms with Crippen molar-refractivity contribution in [1.29, 1.82) is 0 Å². The number of hydrogen-bond acceptors (Lipinski definition) is 2. The first-order valence-electron chi connectivity index (χ1n) is 5.66. The molecule has 0 atom stereocenters. The largest absolute Gasteiger partial charge is 0.454 e. The number of nitrogens with zero attached hydrogens (tertiary/aromatic N) is 1. The molecule has 1 aliphatic heterocycles. The molecule has 0 radical (unpaired) electrons. The van der Waals surface area contributed by atoms with Gasteiger partial charge in [0.1, 0.15) is 11.4 Å². The molecule has 0 aromatic heterocycles. The van der Waals surface area contributed by atoms with E-state index in [-0.39, 0.29) is 0 Å². The Bertz CT molecular complexity index is 614. The molecular formula is C15H13NO. The van der Waals surface area contributed by atoms with Gasteiger partial charge in [-0.15, -0.1) is 0 Å². The zero-order chi connectivity index (χ0) is 11.8. The zero-order valence-electron chi connectivity index (χ0n) is 9.90. The second-order valence-corrected chi connectivity index (χ2v) is 4.32. The highest BCUT2D eigenvalue weighted by Gasteiger charge is 2.13. The van der Waals surface area contributed by atoms with Gasteiger partial charge in [0.25, 0.3) is 0 Å². The van der Waals surface area contributed by atoms with Crippen molar-refractivity contribution < 1.29 is 4.74 Å². The molecule has 1 heterocycles. The van der Waals surface area contributed by atoms with Gasteiger partial charge in [-0.2, -0.15) is 0 Å². The van der Waals surface area contributed by atoms with Crippen LogP contribution in [-0.2, 0) is 0 Å². The molecule has 17 heavy (non-hydrogen) atoms. The van der Waals surface area contributed by atoms with E-state index in [0.29, 0.717) is 0 Å². The molecule has 2 aromatic carbocycles. The molecule has 2 aromatic rings. The molecule has 3 rings (SSSR count). The molecular weight excluding hydrogens is 210 g/mol. The molecule has 0 aliphatic carbocycles. The van der Waals surface area contributed by atoms with E-state index in [0.717, 1.165) is 28.3 Å². The van der Waals surface area contributed by atoms with Crippen LogP contribution in [0.15, 0.2) is 41.4 Å². The summed E-state index contributed by atoms with van der Waals surface area (Å²) >= 11 is 0. The molecule has 0 fully saturated rings. The first-order chi connectivity index (χ1) is 8.24. The van der Waals surface area contributed by atoms with E-state index in [1.54, 1.807) is 0 Å². The topological polar surface area (TPSA) is 21.6 Å². The highest BCUT2D eigenvalue weighted by atomic mass is 16.5. The average Bonchev–Trinajstić information content (AvgIpc) is 2.49. The number of aliphatic imine (C=N–C) groups is 1. The molecule has 0 saturated carbocycles. The van der Waals surface area contributed by atoms with Gasteiger partial charge in [-0.25, -0.2) is 0 Å². The van der Waals surface area contributed by atoms with E-state index in [1.165, 1.54) is 5.56 Å². The van der Waals surface area contributed by atoms with Crippen LogP contribution in [0.4, 0.5) is 5.69 Å². The smallest absolute Gasteiger partial charge is 0.153 e. The van der Waals surface area contributed by atoms with Crippen molar-refractivity contribution in [2.45, 2.75) is 13.8 Å². The maximum atomic E-state index is 5.96. The SMILES string of the molecule is Cc1ccc2c(c1)N=Cc1cccc(C)c1O2. The van der Waals surface area contributed by atoms with Crippen molar-refractivity contribution in [2.75, 3.05) is 0 Å². The highest BCUT2D eigenvalue weighted by Crippen LogP contribution is 2.37. The predicted octanol–water partition coefficient (Wildman–Crippen LogP) is 4.16. The summed E-state index contributed by atoms with van der Waals surface area (Å²) in [6, 6.07) is 12.1. The van der Waals surface area contributed by atoms with E-state index < -0.39 is 0 Å². The number of benzene rings is 2. The van der Waals surface area contributed by atoms with Gasteiger partial charge in [0.15, 0.2) is 5.75 Å². The summed E-state index contributed by atoms with van der Waals surface area (Å²) in [5.41, 5.74) is 4.23. The van der Waals surface area contributed by atoms with Crippen LogP contribution in [0.5, 0.6) is 11.5 Å². The van der Waals surface area contributed by atoms with Crippen LogP contribution in [0.3, 0.4) is 0 Å². The lowest BCUT2D eigenvalue weighted by molar-refractivity contribution is 0.481. The summed E-state index contributed by atoms with van der Waals surface area (Å²) in [4.78, 5) is 4.48. The van der Waals surface area contributed by atoms with Crippen molar-refractivity contribution >= 4 is 11.9 Å². The Hall–Kier alpha value is -2.09. The van der Waals surface area contributed by atoms with E-state index in [4.69, 9.17) is 4.74 Å². The summed E-state index contributed by atoms with van der Waals surface area (Å²) in [5, 5.41) is 0. The number of hydrogen-bond donors (Lipinski definition) is 0. The molecule has 0 saturated heterocycles. The van der Waals surface area contributed by atoms with Crippen molar-refractivity contribution in [3.8, 4) is 11.5 Å². The van der Waals surface area contributed by atoms with E-state index in [2.05, 4.69) is 11.9 Å². The van der Waals surface area contributed by atoms with E-state index in [9.17, 15) is 0 Å².